The van der Waals surface area contributed by atoms with E-state index in [0.717, 1.165) is 13.0 Å². The van der Waals surface area contributed by atoms with Crippen molar-refractivity contribution in [2.24, 2.45) is 0 Å². The minimum Gasteiger partial charge on any atom is -0.390 e. The molecule has 4 rings (SSSR count). The van der Waals surface area contributed by atoms with Crippen LogP contribution >= 0.6 is 11.8 Å². The maximum absolute atomic E-state index is 10.6. The van der Waals surface area contributed by atoms with Crippen molar-refractivity contribution < 1.29 is 5.11 Å². The molecule has 1 aliphatic rings. The lowest BCUT2D eigenvalue weighted by atomic mass is 10.1. The van der Waals surface area contributed by atoms with Crippen molar-refractivity contribution in [2.75, 3.05) is 24.5 Å². The van der Waals surface area contributed by atoms with Crippen molar-refractivity contribution in [1.82, 2.24) is 5.32 Å². The lowest BCUT2D eigenvalue weighted by molar-refractivity contribution is 0.179. The van der Waals surface area contributed by atoms with Crippen LogP contribution in [0.25, 0.3) is 0 Å². The van der Waals surface area contributed by atoms with E-state index in [1.165, 1.54) is 26.7 Å². The highest BCUT2D eigenvalue weighted by molar-refractivity contribution is 7.99. The zero-order chi connectivity index (χ0) is 18.5. The summed E-state index contributed by atoms with van der Waals surface area (Å²) in [5.74, 6) is 0. The predicted molar refractivity (Wildman–Crippen MR) is 113 cm³/mol. The Kier molecular flexibility index (Phi) is 5.78. The molecule has 0 radical (unpaired) electrons. The summed E-state index contributed by atoms with van der Waals surface area (Å²) in [5, 5.41) is 14.0. The van der Waals surface area contributed by atoms with Gasteiger partial charge in [-0.3, -0.25) is 0 Å². The summed E-state index contributed by atoms with van der Waals surface area (Å²) >= 11 is 1.79. The number of β-amino-alcohol motifs (C(OH)–C–C–N with tert-alkyl or cyclic N) is 1. The molecular formula is C23H24N2OS. The van der Waals surface area contributed by atoms with Gasteiger partial charge in [0.25, 0.3) is 0 Å². The van der Waals surface area contributed by atoms with Crippen LogP contribution in [0, 0.1) is 0 Å². The number of para-hydroxylation sites is 2. The number of aliphatic hydroxyl groups excluding tert-OH is 1. The van der Waals surface area contributed by atoms with Gasteiger partial charge >= 0.3 is 0 Å². The van der Waals surface area contributed by atoms with Crippen molar-refractivity contribution in [3.8, 4) is 0 Å². The van der Waals surface area contributed by atoms with Crippen molar-refractivity contribution in [2.45, 2.75) is 22.3 Å². The molecule has 0 amide bonds. The third-order valence-electron chi connectivity index (χ3n) is 4.74. The number of rotatable bonds is 7. The van der Waals surface area contributed by atoms with Gasteiger partial charge in [0.05, 0.1) is 24.0 Å². The molecule has 1 aliphatic heterocycles. The van der Waals surface area contributed by atoms with Crippen molar-refractivity contribution >= 4 is 23.1 Å². The smallest absolute Gasteiger partial charge is 0.0843 e. The molecule has 0 saturated heterocycles. The maximum atomic E-state index is 10.6. The van der Waals surface area contributed by atoms with E-state index in [1.54, 1.807) is 11.8 Å². The van der Waals surface area contributed by atoms with Crippen LogP contribution < -0.4 is 10.2 Å². The van der Waals surface area contributed by atoms with Crippen LogP contribution in [0.1, 0.15) is 5.56 Å². The average molecular weight is 377 g/mol. The molecule has 1 heterocycles. The van der Waals surface area contributed by atoms with Gasteiger partial charge in [0.2, 0.25) is 0 Å². The summed E-state index contributed by atoms with van der Waals surface area (Å²) in [5.41, 5.74) is 3.66. The zero-order valence-corrected chi connectivity index (χ0v) is 16.0. The highest BCUT2D eigenvalue weighted by Crippen LogP contribution is 2.47. The number of nitrogens with zero attached hydrogens (tertiary/aromatic N) is 1. The second-order valence-electron chi connectivity index (χ2n) is 6.74. The first-order valence-corrected chi connectivity index (χ1v) is 10.2. The van der Waals surface area contributed by atoms with E-state index in [1.807, 2.05) is 6.07 Å². The third-order valence-corrected chi connectivity index (χ3v) is 5.87. The van der Waals surface area contributed by atoms with Gasteiger partial charge in [-0.2, -0.15) is 0 Å². The first kappa shape index (κ1) is 18.1. The molecule has 0 saturated carbocycles. The molecule has 3 nitrogen and oxygen atoms in total. The van der Waals surface area contributed by atoms with E-state index < -0.39 is 6.10 Å². The molecule has 3 aromatic rings. The molecule has 138 valence electrons. The van der Waals surface area contributed by atoms with Crippen LogP contribution in [0.5, 0.6) is 0 Å². The average Bonchev–Trinajstić information content (AvgIpc) is 2.72. The van der Waals surface area contributed by atoms with Crippen molar-refractivity contribution in [1.29, 1.82) is 0 Å². The number of hydrogen-bond donors (Lipinski definition) is 2. The molecule has 0 spiro atoms. The lowest BCUT2D eigenvalue weighted by Crippen LogP contribution is -2.37. The summed E-state index contributed by atoms with van der Waals surface area (Å²) in [4.78, 5) is 4.71. The highest BCUT2D eigenvalue weighted by atomic mass is 32.2. The predicted octanol–water partition coefficient (Wildman–Crippen LogP) is 4.48. The molecule has 2 N–H and O–H groups in total. The Hall–Kier alpha value is -2.27. The van der Waals surface area contributed by atoms with Gasteiger partial charge in [-0.25, -0.2) is 0 Å². The third kappa shape index (κ3) is 4.35. The van der Waals surface area contributed by atoms with Crippen LogP contribution in [0.4, 0.5) is 11.4 Å². The number of fused-ring (bicyclic) bond motifs is 2. The minimum absolute atomic E-state index is 0.440. The van der Waals surface area contributed by atoms with Crippen LogP contribution in [0.15, 0.2) is 88.7 Å². The molecule has 27 heavy (non-hydrogen) atoms. The maximum Gasteiger partial charge on any atom is 0.0843 e. The fraction of sp³-hybridized carbons (Fsp3) is 0.217. The van der Waals surface area contributed by atoms with E-state index in [4.69, 9.17) is 0 Å². The highest BCUT2D eigenvalue weighted by Gasteiger charge is 2.24. The number of anilines is 2. The van der Waals surface area contributed by atoms with E-state index in [-0.39, 0.29) is 0 Å². The number of benzene rings is 3. The Labute approximate surface area is 165 Å². The normalized spacial score (nSPS) is 13.7. The van der Waals surface area contributed by atoms with Crippen LogP contribution in [0.3, 0.4) is 0 Å². The monoisotopic (exact) mass is 376 g/mol. The van der Waals surface area contributed by atoms with Gasteiger partial charge in [-0.05, 0) is 42.8 Å². The van der Waals surface area contributed by atoms with E-state index in [9.17, 15) is 5.11 Å². The van der Waals surface area contributed by atoms with Gasteiger partial charge in [-0.1, -0.05) is 66.4 Å². The Balaban J connectivity index is 1.38. The second kappa shape index (κ2) is 8.61. The first-order chi connectivity index (χ1) is 13.3. The Morgan fingerprint density at radius 1 is 0.815 bits per heavy atom. The van der Waals surface area contributed by atoms with E-state index in [0.29, 0.717) is 13.1 Å². The molecule has 4 heteroatoms. The fourth-order valence-electron chi connectivity index (χ4n) is 3.40. The summed E-state index contributed by atoms with van der Waals surface area (Å²) in [6.45, 7) is 2.03. The van der Waals surface area contributed by atoms with Gasteiger partial charge in [-0.15, -0.1) is 0 Å². The summed E-state index contributed by atoms with van der Waals surface area (Å²) < 4.78 is 0. The van der Waals surface area contributed by atoms with Crippen LogP contribution in [-0.4, -0.2) is 30.8 Å². The Bertz CT molecular complexity index is 839. The van der Waals surface area contributed by atoms with Gasteiger partial charge < -0.3 is 15.3 Å². The molecule has 0 fully saturated rings. The number of aliphatic hydroxyl groups is 1. The van der Waals surface area contributed by atoms with Crippen molar-refractivity contribution in [3.63, 3.8) is 0 Å². The zero-order valence-electron chi connectivity index (χ0n) is 15.2. The Morgan fingerprint density at radius 2 is 1.41 bits per heavy atom. The molecule has 0 unspecified atom stereocenters. The Morgan fingerprint density at radius 3 is 2.07 bits per heavy atom. The molecule has 0 aliphatic carbocycles. The lowest BCUT2D eigenvalue weighted by Gasteiger charge is -2.34. The second-order valence-corrected chi connectivity index (χ2v) is 7.83. The first-order valence-electron chi connectivity index (χ1n) is 9.37. The van der Waals surface area contributed by atoms with Gasteiger partial charge in [0, 0.05) is 16.3 Å². The summed E-state index contributed by atoms with van der Waals surface area (Å²) in [6, 6.07) is 27.3. The standard InChI is InChI=1S/C23H24N2OS/c26-19(16-24-15-14-18-8-2-1-3-9-18)17-25-20-10-4-6-12-22(20)27-23-13-7-5-11-21(23)25/h1-13,19,24,26H,14-17H2/t19-/m1/s1. The van der Waals surface area contributed by atoms with Crippen LogP contribution in [-0.2, 0) is 6.42 Å². The van der Waals surface area contributed by atoms with Gasteiger partial charge in [0.1, 0.15) is 0 Å². The van der Waals surface area contributed by atoms with Gasteiger partial charge in [0.15, 0.2) is 0 Å². The molecule has 1 atom stereocenters. The largest absolute Gasteiger partial charge is 0.390 e. The van der Waals surface area contributed by atoms with Crippen molar-refractivity contribution in [3.05, 3.63) is 84.4 Å². The fourth-order valence-corrected chi connectivity index (χ4v) is 4.49. The number of hydrogen-bond acceptors (Lipinski definition) is 4. The molecular weight excluding hydrogens is 352 g/mol. The van der Waals surface area contributed by atoms with E-state index >= 15 is 0 Å². The van der Waals surface area contributed by atoms with E-state index in [2.05, 4.69) is 83.0 Å². The summed E-state index contributed by atoms with van der Waals surface area (Å²) in [6.07, 6.45) is 0.532. The minimum atomic E-state index is -0.440. The topological polar surface area (TPSA) is 35.5 Å². The molecule has 0 aromatic heterocycles. The quantitative estimate of drug-likeness (QED) is 0.596. The van der Waals surface area contributed by atoms with Crippen LogP contribution in [0.2, 0.25) is 0 Å². The SMILES string of the molecule is O[C@H](CNCCc1ccccc1)CN1c2ccccc2Sc2ccccc21. The molecule has 0 bridgehead atoms. The number of nitrogens with one attached hydrogen (secondary N) is 1. The molecule has 3 aromatic carbocycles. The summed E-state index contributed by atoms with van der Waals surface area (Å²) in [7, 11) is 0.